The first-order valence-corrected chi connectivity index (χ1v) is 29.1. The van der Waals surface area contributed by atoms with Gasteiger partial charge in [0.05, 0.1) is 22.4 Å². The molecule has 1 heterocycles. The van der Waals surface area contributed by atoms with Crippen LogP contribution in [0.2, 0.25) is 0 Å². The average Bonchev–Trinajstić information content (AvgIpc) is 1.51. The fraction of sp³-hybridized carbons (Fsp3) is 0. The van der Waals surface area contributed by atoms with Crippen LogP contribution in [0.3, 0.4) is 0 Å². The Morgan fingerprint density at radius 1 is 0.163 bits per heavy atom. The molecule has 0 bridgehead atoms. The summed E-state index contributed by atoms with van der Waals surface area (Å²) in [4.78, 5) is 20.5. The van der Waals surface area contributed by atoms with Crippen molar-refractivity contribution in [1.82, 2.24) is 9.97 Å². The van der Waals surface area contributed by atoms with Gasteiger partial charge in [-0.25, -0.2) is 9.97 Å². The van der Waals surface area contributed by atoms with E-state index in [-0.39, 0.29) is 0 Å². The molecule has 0 saturated carbocycles. The minimum absolute atomic E-state index is 0.788. The van der Waals surface area contributed by atoms with E-state index >= 15 is 0 Å². The molecule has 6 nitrogen and oxygen atoms in total. The number of anilines is 12. The maximum absolute atomic E-state index is 5.72. The van der Waals surface area contributed by atoms with E-state index in [9.17, 15) is 0 Å². The zero-order chi connectivity index (χ0) is 57.4. The van der Waals surface area contributed by atoms with Crippen molar-refractivity contribution in [2.75, 3.05) is 19.6 Å². The molecule has 0 unspecified atom stereocenters. The Hall–Kier alpha value is -11.6. The lowest BCUT2D eigenvalue weighted by atomic mass is 9.93. The highest BCUT2D eigenvalue weighted by molar-refractivity contribution is 5.99. The molecule has 0 fully saturated rings. The monoisotopic (exact) mass is 1100 g/mol. The topological polar surface area (TPSA) is 38.7 Å². The molecule has 6 heteroatoms. The summed E-state index contributed by atoms with van der Waals surface area (Å²) in [5, 5.41) is 0. The van der Waals surface area contributed by atoms with E-state index < -0.39 is 0 Å². The third kappa shape index (κ3) is 10.7. The first kappa shape index (κ1) is 52.5. The Labute approximate surface area is 502 Å². The van der Waals surface area contributed by atoms with Crippen molar-refractivity contribution >= 4 is 79.3 Å². The number of rotatable bonds is 16. The van der Waals surface area contributed by atoms with Crippen molar-refractivity contribution in [3.63, 3.8) is 0 Å². The lowest BCUT2D eigenvalue weighted by Crippen LogP contribution is -2.12. The molecule has 0 N–H and O–H groups in total. The van der Waals surface area contributed by atoms with Crippen LogP contribution < -0.4 is 19.6 Å². The number of fused-ring (bicyclic) bond motifs is 1. The lowest BCUT2D eigenvalue weighted by Gasteiger charge is -2.28. The second-order valence-electron chi connectivity index (χ2n) is 21.0. The maximum Gasteiger partial charge on any atom is 0.0973 e. The summed E-state index contributed by atoms with van der Waals surface area (Å²) in [7, 11) is 0. The van der Waals surface area contributed by atoms with E-state index in [0.29, 0.717) is 0 Å². The van der Waals surface area contributed by atoms with Crippen LogP contribution in [0.1, 0.15) is 0 Å². The molecule has 1 aromatic heterocycles. The molecule has 0 saturated heterocycles. The van der Waals surface area contributed by atoms with Gasteiger partial charge in [0, 0.05) is 84.9 Å². The van der Waals surface area contributed by atoms with Gasteiger partial charge in [-0.05, 0) is 168 Å². The number of aromatic nitrogens is 2. The van der Waals surface area contributed by atoms with Crippen molar-refractivity contribution in [2.45, 2.75) is 0 Å². The molecular weight excluding hydrogens is 1040 g/mol. The second-order valence-corrected chi connectivity index (χ2v) is 21.0. The van der Waals surface area contributed by atoms with Crippen LogP contribution in [-0.2, 0) is 0 Å². The maximum atomic E-state index is 5.72. The van der Waals surface area contributed by atoms with E-state index in [2.05, 4.69) is 371 Å². The summed E-state index contributed by atoms with van der Waals surface area (Å²) in [5.41, 5.74) is 22.2. The zero-order valence-corrected chi connectivity index (χ0v) is 47.2. The Kier molecular flexibility index (Phi) is 14.7. The van der Waals surface area contributed by atoms with E-state index in [1.54, 1.807) is 0 Å². The number of hydrogen-bond donors (Lipinski definition) is 0. The first-order valence-electron chi connectivity index (χ1n) is 29.1. The molecular formula is C80H58N6. The van der Waals surface area contributed by atoms with Gasteiger partial charge in [0.2, 0.25) is 0 Å². The largest absolute Gasteiger partial charge is 0.311 e. The van der Waals surface area contributed by atoms with Gasteiger partial charge in [-0.15, -0.1) is 0 Å². The molecule has 13 aromatic carbocycles. The first-order chi connectivity index (χ1) is 42.7. The van der Waals surface area contributed by atoms with Gasteiger partial charge in [-0.2, -0.15) is 0 Å². The predicted octanol–water partition coefficient (Wildman–Crippen LogP) is 22.2. The van der Waals surface area contributed by atoms with Gasteiger partial charge in [0.1, 0.15) is 0 Å². The number of hydrogen-bond acceptors (Lipinski definition) is 6. The summed E-state index contributed by atoms with van der Waals surface area (Å²) < 4.78 is 0. The normalized spacial score (nSPS) is 11.0. The molecule has 0 aliphatic carbocycles. The molecule has 14 aromatic rings. The highest BCUT2D eigenvalue weighted by Gasteiger charge is 2.22. The third-order valence-electron chi connectivity index (χ3n) is 15.6. The van der Waals surface area contributed by atoms with Crippen molar-refractivity contribution in [1.29, 1.82) is 0 Å². The molecule has 0 spiro atoms. The average molecular weight is 1100 g/mol. The third-order valence-corrected chi connectivity index (χ3v) is 15.6. The van der Waals surface area contributed by atoms with Gasteiger partial charge in [0.15, 0.2) is 0 Å². The van der Waals surface area contributed by atoms with Crippen molar-refractivity contribution in [3.8, 4) is 44.8 Å². The fourth-order valence-electron chi connectivity index (χ4n) is 11.6. The Morgan fingerprint density at radius 3 is 0.733 bits per heavy atom. The molecule has 0 aliphatic heterocycles. The Bertz CT molecular complexity index is 4440. The van der Waals surface area contributed by atoms with E-state index in [1.807, 2.05) is 0 Å². The molecule has 14 rings (SSSR count). The zero-order valence-electron chi connectivity index (χ0n) is 47.2. The molecule has 408 valence electrons. The van der Waals surface area contributed by atoms with Crippen LogP contribution in [-0.4, -0.2) is 9.97 Å². The standard InChI is InChI=1S/C80H58N6/c1-8-25-59(26-9-1)74-39-22-23-40-75(74)76-41-24-42-77-80(76)82-79(61-45-49-69(50-46-61)86(67-37-20-7-21-38-67)73-57-53-71(54-58-73)84(64-31-14-4-15-32-64)65-33-16-5-17-34-65)78(81-77)60-43-47-68(48-44-60)85(66-35-18-6-19-36-66)72-55-51-70(52-56-72)83(62-27-10-2-11-28-62)63-29-12-3-13-30-63/h1-58H. The van der Waals surface area contributed by atoms with Crippen LogP contribution in [0.5, 0.6) is 0 Å². The summed E-state index contributed by atoms with van der Waals surface area (Å²) in [5.74, 6) is 0. The van der Waals surface area contributed by atoms with Crippen molar-refractivity contribution in [3.05, 3.63) is 352 Å². The Morgan fingerprint density at radius 2 is 0.407 bits per heavy atom. The molecule has 0 amide bonds. The van der Waals surface area contributed by atoms with Crippen molar-refractivity contribution in [2.24, 2.45) is 0 Å². The minimum Gasteiger partial charge on any atom is -0.311 e. The van der Waals surface area contributed by atoms with Crippen LogP contribution >= 0.6 is 0 Å². The van der Waals surface area contributed by atoms with Gasteiger partial charge in [0.25, 0.3) is 0 Å². The molecule has 0 aliphatic rings. The van der Waals surface area contributed by atoms with E-state index in [1.165, 1.54) is 0 Å². The smallest absolute Gasteiger partial charge is 0.0973 e. The number of nitrogens with zero attached hydrogens (tertiary/aromatic N) is 6. The molecule has 0 radical (unpaired) electrons. The SMILES string of the molecule is c1ccc(-c2ccccc2-c2cccc3nc(-c4ccc(N(c5ccccc5)c5ccc(N(c6ccccc6)c6ccccc6)cc5)cc4)c(-c4ccc(N(c5ccccc5)c5ccc(N(c6ccccc6)c6ccccc6)cc5)cc4)nc23)cc1. The van der Waals surface area contributed by atoms with Crippen molar-refractivity contribution < 1.29 is 0 Å². The lowest BCUT2D eigenvalue weighted by molar-refractivity contribution is 1.25. The number of benzene rings is 13. The minimum atomic E-state index is 0.788. The van der Waals surface area contributed by atoms with Crippen LogP contribution in [0.15, 0.2) is 352 Å². The van der Waals surface area contributed by atoms with E-state index in [0.717, 1.165) is 124 Å². The van der Waals surface area contributed by atoms with Gasteiger partial charge >= 0.3 is 0 Å². The van der Waals surface area contributed by atoms with Gasteiger partial charge in [-0.3, -0.25) is 0 Å². The van der Waals surface area contributed by atoms with Gasteiger partial charge in [-0.1, -0.05) is 200 Å². The second kappa shape index (κ2) is 24.1. The summed E-state index contributed by atoms with van der Waals surface area (Å²) in [6, 6.07) is 124. The highest BCUT2D eigenvalue weighted by Crippen LogP contribution is 2.44. The van der Waals surface area contributed by atoms with E-state index in [4.69, 9.17) is 9.97 Å². The Balaban J connectivity index is 0.865. The predicted molar refractivity (Wildman–Crippen MR) is 360 cm³/mol. The quantitative estimate of drug-likeness (QED) is 0.0960. The highest BCUT2D eigenvalue weighted by atomic mass is 15.2. The van der Waals surface area contributed by atoms with Crippen LogP contribution in [0.25, 0.3) is 55.8 Å². The summed E-state index contributed by atoms with van der Waals surface area (Å²) >= 11 is 0. The molecule has 86 heavy (non-hydrogen) atoms. The fourth-order valence-corrected chi connectivity index (χ4v) is 11.6. The summed E-state index contributed by atoms with van der Waals surface area (Å²) in [6.45, 7) is 0. The number of para-hydroxylation sites is 7. The van der Waals surface area contributed by atoms with Gasteiger partial charge < -0.3 is 19.6 Å². The van der Waals surface area contributed by atoms with Crippen LogP contribution in [0.4, 0.5) is 68.2 Å². The molecule has 0 atom stereocenters. The summed E-state index contributed by atoms with van der Waals surface area (Å²) in [6.07, 6.45) is 0. The van der Waals surface area contributed by atoms with Crippen LogP contribution in [0, 0.1) is 0 Å².